The van der Waals surface area contributed by atoms with Gasteiger partial charge in [-0.1, -0.05) is 18.2 Å². The first-order valence-corrected chi connectivity index (χ1v) is 6.13. The molecule has 5 nitrogen and oxygen atoms in total. The number of aromatic nitrogens is 2. The molecule has 0 aliphatic rings. The fourth-order valence-corrected chi connectivity index (χ4v) is 2.04. The highest BCUT2D eigenvalue weighted by molar-refractivity contribution is 6.11. The first kappa shape index (κ1) is 12.8. The van der Waals surface area contributed by atoms with Crippen LogP contribution in [0.25, 0.3) is 10.9 Å². The number of anilines is 1. The molecule has 3 rings (SSSR count). The average Bonchev–Trinajstić information content (AvgIpc) is 2.93. The van der Waals surface area contributed by atoms with E-state index in [4.69, 9.17) is 5.26 Å². The molecule has 0 bridgehead atoms. The van der Waals surface area contributed by atoms with Crippen LogP contribution in [0.15, 0.2) is 42.5 Å². The zero-order valence-corrected chi connectivity index (χ0v) is 10.7. The van der Waals surface area contributed by atoms with E-state index in [0.29, 0.717) is 16.6 Å². The van der Waals surface area contributed by atoms with Crippen molar-refractivity contribution in [2.45, 2.75) is 0 Å². The maximum absolute atomic E-state index is 13.5. The number of nitriles is 1. The molecule has 0 spiro atoms. The SMILES string of the molecule is N#Cc1cccc(NC(=O)c2[nH]nc3c(F)cccc23)c1. The Morgan fingerprint density at radius 1 is 1.29 bits per heavy atom. The Kier molecular flexibility index (Phi) is 3.09. The lowest BCUT2D eigenvalue weighted by Crippen LogP contribution is -2.12. The minimum absolute atomic E-state index is 0.119. The van der Waals surface area contributed by atoms with Crippen LogP contribution < -0.4 is 5.32 Å². The summed E-state index contributed by atoms with van der Waals surface area (Å²) in [7, 11) is 0. The maximum atomic E-state index is 13.5. The highest BCUT2D eigenvalue weighted by Gasteiger charge is 2.15. The van der Waals surface area contributed by atoms with E-state index >= 15 is 0 Å². The second-order valence-electron chi connectivity index (χ2n) is 4.38. The van der Waals surface area contributed by atoms with E-state index in [1.165, 1.54) is 12.1 Å². The molecule has 3 aromatic rings. The fraction of sp³-hybridized carbons (Fsp3) is 0. The molecule has 1 aromatic heterocycles. The molecule has 0 aliphatic carbocycles. The van der Waals surface area contributed by atoms with E-state index in [9.17, 15) is 9.18 Å². The molecular formula is C15H9FN4O. The van der Waals surface area contributed by atoms with Gasteiger partial charge >= 0.3 is 0 Å². The molecule has 0 aliphatic heterocycles. The summed E-state index contributed by atoms with van der Waals surface area (Å²) in [5.74, 6) is -0.938. The van der Waals surface area contributed by atoms with Crippen LogP contribution in [0.5, 0.6) is 0 Å². The largest absolute Gasteiger partial charge is 0.321 e. The van der Waals surface area contributed by atoms with Crippen LogP contribution in [0.3, 0.4) is 0 Å². The third kappa shape index (κ3) is 2.32. The summed E-state index contributed by atoms with van der Waals surface area (Å²) >= 11 is 0. The number of halogens is 1. The lowest BCUT2D eigenvalue weighted by Gasteiger charge is -2.04. The Balaban J connectivity index is 1.94. The molecule has 21 heavy (non-hydrogen) atoms. The van der Waals surface area contributed by atoms with E-state index in [1.807, 2.05) is 6.07 Å². The summed E-state index contributed by atoms with van der Waals surface area (Å²) in [6.07, 6.45) is 0. The van der Waals surface area contributed by atoms with E-state index in [1.54, 1.807) is 30.3 Å². The molecule has 0 atom stereocenters. The second-order valence-corrected chi connectivity index (χ2v) is 4.38. The van der Waals surface area contributed by atoms with Crippen molar-refractivity contribution in [3.8, 4) is 6.07 Å². The Morgan fingerprint density at radius 2 is 2.10 bits per heavy atom. The maximum Gasteiger partial charge on any atom is 0.274 e. The van der Waals surface area contributed by atoms with Crippen LogP contribution >= 0.6 is 0 Å². The van der Waals surface area contributed by atoms with Crippen LogP contribution in [0.1, 0.15) is 16.1 Å². The molecule has 1 heterocycles. The number of benzene rings is 2. The summed E-state index contributed by atoms with van der Waals surface area (Å²) in [5, 5.41) is 18.2. The summed E-state index contributed by atoms with van der Waals surface area (Å²) in [6.45, 7) is 0. The minimum Gasteiger partial charge on any atom is -0.321 e. The van der Waals surface area contributed by atoms with Crippen molar-refractivity contribution >= 4 is 22.5 Å². The monoisotopic (exact) mass is 280 g/mol. The standard InChI is InChI=1S/C15H9FN4O/c16-12-6-2-5-11-13(12)19-20-14(11)15(21)18-10-4-1-3-9(7-10)8-17/h1-7H,(H,18,21)(H,19,20). The third-order valence-corrected chi connectivity index (χ3v) is 3.01. The summed E-state index contributed by atoms with van der Waals surface area (Å²) in [6, 6.07) is 12.9. The van der Waals surface area contributed by atoms with Crippen molar-refractivity contribution in [2.24, 2.45) is 0 Å². The number of rotatable bonds is 2. The van der Waals surface area contributed by atoms with Gasteiger partial charge in [0.25, 0.3) is 5.91 Å². The van der Waals surface area contributed by atoms with Gasteiger partial charge in [-0.3, -0.25) is 9.89 Å². The number of amides is 1. The van der Waals surface area contributed by atoms with Crippen LogP contribution in [-0.4, -0.2) is 16.1 Å². The molecule has 0 radical (unpaired) electrons. The van der Waals surface area contributed by atoms with E-state index in [0.717, 1.165) is 0 Å². The van der Waals surface area contributed by atoms with Gasteiger partial charge < -0.3 is 5.32 Å². The van der Waals surface area contributed by atoms with Crippen LogP contribution in [0, 0.1) is 17.1 Å². The number of nitrogens with one attached hydrogen (secondary N) is 2. The number of hydrogen-bond acceptors (Lipinski definition) is 3. The molecule has 6 heteroatoms. The average molecular weight is 280 g/mol. The lowest BCUT2D eigenvalue weighted by atomic mass is 10.2. The highest BCUT2D eigenvalue weighted by Crippen LogP contribution is 2.20. The fourth-order valence-electron chi connectivity index (χ4n) is 2.04. The van der Waals surface area contributed by atoms with Gasteiger partial charge in [0, 0.05) is 11.1 Å². The van der Waals surface area contributed by atoms with Crippen molar-refractivity contribution in [2.75, 3.05) is 5.32 Å². The molecule has 0 saturated carbocycles. The Bertz CT molecular complexity index is 879. The molecule has 1 amide bonds. The van der Waals surface area contributed by atoms with Crippen LogP contribution in [-0.2, 0) is 0 Å². The van der Waals surface area contributed by atoms with Crippen molar-refractivity contribution < 1.29 is 9.18 Å². The summed E-state index contributed by atoms with van der Waals surface area (Å²) in [4.78, 5) is 12.2. The number of nitrogens with zero attached hydrogens (tertiary/aromatic N) is 2. The molecule has 2 N–H and O–H groups in total. The van der Waals surface area contributed by atoms with Crippen LogP contribution in [0.2, 0.25) is 0 Å². The first-order valence-electron chi connectivity index (χ1n) is 6.13. The molecule has 2 aromatic carbocycles. The van der Waals surface area contributed by atoms with Gasteiger partial charge in [0.1, 0.15) is 11.2 Å². The van der Waals surface area contributed by atoms with Crippen molar-refractivity contribution in [1.29, 1.82) is 5.26 Å². The van der Waals surface area contributed by atoms with Gasteiger partial charge in [-0.05, 0) is 24.3 Å². The Labute approximate surface area is 119 Å². The van der Waals surface area contributed by atoms with Crippen LogP contribution in [0.4, 0.5) is 10.1 Å². The number of para-hydroxylation sites is 1. The predicted molar refractivity (Wildman–Crippen MR) is 75.2 cm³/mol. The van der Waals surface area contributed by atoms with Gasteiger partial charge in [0.2, 0.25) is 0 Å². The lowest BCUT2D eigenvalue weighted by molar-refractivity contribution is 0.102. The molecular weight excluding hydrogens is 271 g/mol. The predicted octanol–water partition coefficient (Wildman–Crippen LogP) is 2.83. The first-order chi connectivity index (χ1) is 10.2. The van der Waals surface area contributed by atoms with E-state index in [2.05, 4.69) is 15.5 Å². The number of fused-ring (bicyclic) bond motifs is 1. The minimum atomic E-state index is -0.491. The zero-order valence-electron chi connectivity index (χ0n) is 10.7. The second kappa shape index (κ2) is 5.06. The molecule has 102 valence electrons. The van der Waals surface area contributed by atoms with Crippen molar-refractivity contribution in [1.82, 2.24) is 10.2 Å². The molecule has 0 saturated heterocycles. The third-order valence-electron chi connectivity index (χ3n) is 3.01. The quantitative estimate of drug-likeness (QED) is 0.757. The zero-order chi connectivity index (χ0) is 14.8. The number of H-pyrrole nitrogens is 1. The number of hydrogen-bond donors (Lipinski definition) is 2. The van der Waals surface area contributed by atoms with Gasteiger partial charge in [0.05, 0.1) is 11.6 Å². The molecule has 0 unspecified atom stereocenters. The summed E-state index contributed by atoms with van der Waals surface area (Å²) in [5.41, 5.74) is 1.21. The van der Waals surface area contributed by atoms with Gasteiger partial charge in [-0.15, -0.1) is 0 Å². The van der Waals surface area contributed by atoms with E-state index in [-0.39, 0.29) is 11.2 Å². The normalized spacial score (nSPS) is 10.3. The van der Waals surface area contributed by atoms with E-state index < -0.39 is 11.7 Å². The van der Waals surface area contributed by atoms with Crippen molar-refractivity contribution in [3.05, 3.63) is 59.5 Å². The number of carbonyl (C=O) groups is 1. The molecule has 0 fully saturated rings. The van der Waals surface area contributed by atoms with Gasteiger partial charge in [-0.25, -0.2) is 4.39 Å². The highest BCUT2D eigenvalue weighted by atomic mass is 19.1. The number of carbonyl (C=O) groups excluding carboxylic acids is 1. The Hall–Kier alpha value is -3.20. The summed E-state index contributed by atoms with van der Waals surface area (Å²) < 4.78 is 13.5. The number of aromatic amines is 1. The van der Waals surface area contributed by atoms with Gasteiger partial charge in [-0.2, -0.15) is 10.4 Å². The van der Waals surface area contributed by atoms with Gasteiger partial charge in [0.15, 0.2) is 5.82 Å². The topological polar surface area (TPSA) is 81.6 Å². The van der Waals surface area contributed by atoms with Crippen molar-refractivity contribution in [3.63, 3.8) is 0 Å². The Morgan fingerprint density at radius 3 is 2.90 bits per heavy atom. The smallest absolute Gasteiger partial charge is 0.274 e.